The molecule has 2 rings (SSSR count). The van der Waals surface area contributed by atoms with Crippen LogP contribution in [0, 0.1) is 5.92 Å². The van der Waals surface area contributed by atoms with Gasteiger partial charge in [0.1, 0.15) is 11.6 Å². The highest BCUT2D eigenvalue weighted by molar-refractivity contribution is 5.48. The van der Waals surface area contributed by atoms with Gasteiger partial charge in [0.2, 0.25) is 0 Å². The molecule has 0 amide bonds. The van der Waals surface area contributed by atoms with Crippen LogP contribution in [0.25, 0.3) is 0 Å². The van der Waals surface area contributed by atoms with E-state index in [1.54, 1.807) is 31.0 Å². The average molecular weight is 227 g/mol. The first-order valence-corrected chi connectivity index (χ1v) is 5.30. The maximum Gasteiger partial charge on any atom is 0.269 e. The van der Waals surface area contributed by atoms with Crippen LogP contribution in [-0.2, 0) is 0 Å². The molecule has 1 fully saturated rings. The Labute approximate surface area is 93.5 Å². The molecule has 5 heteroatoms. The Kier molecular flexibility index (Phi) is 2.69. The van der Waals surface area contributed by atoms with Crippen LogP contribution in [-0.4, -0.2) is 31.0 Å². The number of hydrogen-bond donors (Lipinski definition) is 1. The molecule has 2 heterocycles. The zero-order chi connectivity index (χ0) is 11.8. The molecule has 0 aliphatic carbocycles. The minimum absolute atomic E-state index is 0.242. The Hall–Kier alpha value is -1.39. The lowest BCUT2D eigenvalue weighted by Gasteiger charge is -2.17. The predicted octanol–water partition coefficient (Wildman–Crippen LogP) is 2.21. The van der Waals surface area contributed by atoms with Crippen LogP contribution in [0.2, 0.25) is 0 Å². The van der Waals surface area contributed by atoms with Gasteiger partial charge in [-0.15, -0.1) is 0 Å². The Morgan fingerprint density at radius 1 is 1.50 bits per heavy atom. The lowest BCUT2D eigenvalue weighted by atomic mass is 10.1. The molecule has 88 valence electrons. The second-order valence-electron chi connectivity index (χ2n) is 4.17. The van der Waals surface area contributed by atoms with E-state index in [0.717, 1.165) is 0 Å². The summed E-state index contributed by atoms with van der Waals surface area (Å²) in [6.07, 6.45) is 0. The minimum atomic E-state index is -2.61. The second kappa shape index (κ2) is 3.88. The zero-order valence-electron chi connectivity index (χ0n) is 9.37. The summed E-state index contributed by atoms with van der Waals surface area (Å²) in [5, 5.41) is 2.90. The molecular weight excluding hydrogens is 212 g/mol. The number of nitrogens with zero attached hydrogens (tertiary/aromatic N) is 2. The molecule has 3 nitrogen and oxygen atoms in total. The highest BCUT2D eigenvalue weighted by Gasteiger charge is 2.45. The largest absolute Gasteiger partial charge is 0.373 e. The van der Waals surface area contributed by atoms with Crippen molar-refractivity contribution in [2.75, 3.05) is 30.4 Å². The number of nitrogens with one attached hydrogen (secondary N) is 1. The van der Waals surface area contributed by atoms with Gasteiger partial charge in [0.25, 0.3) is 5.92 Å². The summed E-state index contributed by atoms with van der Waals surface area (Å²) in [4.78, 5) is 5.89. The molecule has 0 radical (unpaired) electrons. The Morgan fingerprint density at radius 2 is 2.25 bits per heavy atom. The Morgan fingerprint density at radius 3 is 2.81 bits per heavy atom. The van der Waals surface area contributed by atoms with Gasteiger partial charge >= 0.3 is 0 Å². The number of anilines is 2. The molecule has 1 unspecified atom stereocenters. The van der Waals surface area contributed by atoms with Crippen LogP contribution < -0.4 is 10.2 Å². The molecule has 0 spiro atoms. The number of alkyl halides is 2. The fraction of sp³-hybridized carbons (Fsp3) is 0.545. The van der Waals surface area contributed by atoms with E-state index in [1.165, 1.54) is 0 Å². The number of rotatable bonds is 2. The average Bonchev–Trinajstić information content (AvgIpc) is 2.54. The topological polar surface area (TPSA) is 28.2 Å². The van der Waals surface area contributed by atoms with Crippen molar-refractivity contribution in [2.24, 2.45) is 5.92 Å². The maximum absolute atomic E-state index is 13.4. The molecule has 0 bridgehead atoms. The van der Waals surface area contributed by atoms with Gasteiger partial charge in [-0.3, -0.25) is 0 Å². The first-order valence-electron chi connectivity index (χ1n) is 5.30. The molecule has 1 aromatic rings. The lowest BCUT2D eigenvalue weighted by Crippen LogP contribution is -2.27. The van der Waals surface area contributed by atoms with Gasteiger partial charge in [-0.2, -0.15) is 0 Å². The first-order chi connectivity index (χ1) is 7.53. The van der Waals surface area contributed by atoms with Crippen LogP contribution in [0.1, 0.15) is 6.92 Å². The van der Waals surface area contributed by atoms with Crippen molar-refractivity contribution in [2.45, 2.75) is 12.8 Å². The number of aromatic nitrogens is 1. The van der Waals surface area contributed by atoms with E-state index in [2.05, 4.69) is 10.3 Å². The fourth-order valence-electron chi connectivity index (χ4n) is 1.85. The third kappa shape index (κ3) is 1.94. The minimum Gasteiger partial charge on any atom is -0.373 e. The molecular formula is C11H15F2N3. The quantitative estimate of drug-likeness (QED) is 0.839. The highest BCUT2D eigenvalue weighted by Crippen LogP contribution is 2.34. The van der Waals surface area contributed by atoms with Gasteiger partial charge in [0.05, 0.1) is 6.54 Å². The van der Waals surface area contributed by atoms with Crippen LogP contribution in [0.4, 0.5) is 20.4 Å². The Balaban J connectivity index is 2.20. The van der Waals surface area contributed by atoms with Crippen molar-refractivity contribution >= 4 is 11.6 Å². The molecule has 0 saturated carbocycles. The third-order valence-electron chi connectivity index (χ3n) is 2.93. The summed E-state index contributed by atoms with van der Waals surface area (Å²) in [6, 6.07) is 5.38. The van der Waals surface area contributed by atoms with Crippen LogP contribution >= 0.6 is 0 Å². The van der Waals surface area contributed by atoms with E-state index >= 15 is 0 Å². The monoisotopic (exact) mass is 227 g/mol. The summed E-state index contributed by atoms with van der Waals surface area (Å²) in [5.41, 5.74) is 0. The highest BCUT2D eigenvalue weighted by atomic mass is 19.3. The van der Waals surface area contributed by atoms with Crippen LogP contribution in [0.15, 0.2) is 18.2 Å². The normalized spacial score (nSPS) is 23.5. The second-order valence-corrected chi connectivity index (χ2v) is 4.17. The smallest absolute Gasteiger partial charge is 0.269 e. The van der Waals surface area contributed by atoms with Gasteiger partial charge in [0.15, 0.2) is 0 Å². The van der Waals surface area contributed by atoms with E-state index in [-0.39, 0.29) is 6.54 Å². The van der Waals surface area contributed by atoms with Crippen LogP contribution in [0.3, 0.4) is 0 Å². The van der Waals surface area contributed by atoms with E-state index in [4.69, 9.17) is 0 Å². The summed E-state index contributed by atoms with van der Waals surface area (Å²) in [5.74, 6) is -1.93. The van der Waals surface area contributed by atoms with E-state index in [0.29, 0.717) is 18.2 Å². The molecule has 1 aromatic heterocycles. The van der Waals surface area contributed by atoms with Crippen molar-refractivity contribution in [3.8, 4) is 0 Å². The van der Waals surface area contributed by atoms with Crippen molar-refractivity contribution in [3.05, 3.63) is 18.2 Å². The molecule has 1 saturated heterocycles. The SMILES string of the molecule is CNc1cccc(N2CC(C)C(F)(F)C2)n1. The summed E-state index contributed by atoms with van der Waals surface area (Å²) in [7, 11) is 1.76. The third-order valence-corrected chi connectivity index (χ3v) is 2.93. The van der Waals surface area contributed by atoms with Gasteiger partial charge in [-0.05, 0) is 12.1 Å². The first kappa shape index (κ1) is 11.1. The van der Waals surface area contributed by atoms with Crippen molar-refractivity contribution in [1.29, 1.82) is 0 Å². The number of hydrogen-bond acceptors (Lipinski definition) is 3. The number of pyridine rings is 1. The predicted molar refractivity (Wildman–Crippen MR) is 60.1 cm³/mol. The molecule has 1 N–H and O–H groups in total. The molecule has 1 aliphatic heterocycles. The lowest BCUT2D eigenvalue weighted by molar-refractivity contribution is -0.0137. The summed E-state index contributed by atoms with van der Waals surface area (Å²) in [6.45, 7) is 1.68. The van der Waals surface area contributed by atoms with Crippen molar-refractivity contribution < 1.29 is 8.78 Å². The molecule has 0 aromatic carbocycles. The van der Waals surface area contributed by atoms with Gasteiger partial charge in [-0.1, -0.05) is 13.0 Å². The maximum atomic E-state index is 13.4. The molecule has 1 aliphatic rings. The van der Waals surface area contributed by atoms with Crippen LogP contribution in [0.5, 0.6) is 0 Å². The van der Waals surface area contributed by atoms with Gasteiger partial charge < -0.3 is 10.2 Å². The zero-order valence-corrected chi connectivity index (χ0v) is 9.37. The Bertz CT molecular complexity index is 381. The van der Waals surface area contributed by atoms with Crippen molar-refractivity contribution in [3.63, 3.8) is 0 Å². The van der Waals surface area contributed by atoms with E-state index in [1.807, 2.05) is 6.07 Å². The standard InChI is InChI=1S/C11H15F2N3/c1-8-6-16(7-11(8,12)13)10-5-3-4-9(14-2)15-10/h3-5,8H,6-7H2,1-2H3,(H,14,15). The van der Waals surface area contributed by atoms with Gasteiger partial charge in [-0.25, -0.2) is 13.8 Å². The number of halogens is 2. The molecule has 1 atom stereocenters. The summed E-state index contributed by atoms with van der Waals surface area (Å²) >= 11 is 0. The summed E-state index contributed by atoms with van der Waals surface area (Å²) < 4.78 is 26.7. The van der Waals surface area contributed by atoms with E-state index < -0.39 is 11.8 Å². The van der Waals surface area contributed by atoms with Gasteiger partial charge in [0, 0.05) is 19.5 Å². The molecule has 16 heavy (non-hydrogen) atoms. The van der Waals surface area contributed by atoms with E-state index in [9.17, 15) is 8.78 Å². The van der Waals surface area contributed by atoms with Crippen molar-refractivity contribution in [1.82, 2.24) is 4.98 Å². The fourth-order valence-corrected chi connectivity index (χ4v) is 1.85.